The van der Waals surface area contributed by atoms with E-state index in [4.69, 9.17) is 27.9 Å². The Labute approximate surface area is 308 Å². The Morgan fingerprint density at radius 2 is 1.00 bits per heavy atom. The number of nitrogens with one attached hydrogen (secondary N) is 4. The van der Waals surface area contributed by atoms with Crippen molar-refractivity contribution in [3.05, 3.63) is 120 Å². The zero-order valence-electron chi connectivity index (χ0n) is 27.5. The topological polar surface area (TPSA) is 169 Å². The minimum atomic E-state index is 0.287. The molecule has 4 N–H and O–H groups in total. The zero-order chi connectivity index (χ0) is 35.9. The van der Waals surface area contributed by atoms with E-state index in [-0.39, 0.29) is 11.9 Å². The van der Waals surface area contributed by atoms with Gasteiger partial charge in [0.15, 0.2) is 34.8 Å². The fraction of sp³-hybridized carbons (Fsp3) is 0.0588. The average molecular weight is 752 g/mol. The first kappa shape index (κ1) is 34.3. The first-order valence-electron chi connectivity index (χ1n) is 15.6. The van der Waals surface area contributed by atoms with E-state index < -0.39 is 0 Å². The predicted octanol–water partition coefficient (Wildman–Crippen LogP) is 8.35. The molecular weight excluding hydrogens is 722 g/mol. The SMILES string of the molecule is CPC.Clc1cnc(Nc2ncnn3cccc23)nc1Nc1ccccc1Oc1ccccc1Nc1nc(Nc2ncnn3cccc23)ncc1Cl. The summed E-state index contributed by atoms with van der Waals surface area (Å²) in [5.41, 5.74) is 2.74. The van der Waals surface area contributed by atoms with Gasteiger partial charge in [-0.05, 0) is 61.9 Å². The van der Waals surface area contributed by atoms with Crippen molar-refractivity contribution in [2.24, 2.45) is 0 Å². The number of fused-ring (bicyclic) bond motifs is 2. The summed E-state index contributed by atoms with van der Waals surface area (Å²) in [5, 5.41) is 21.8. The standard InChI is InChI=1S/C32H22Cl2N14O.C2H7P/c33-19-15-35-31(45-29-23-9-5-13-47(23)39-17-37-29)43-27(19)41-21-7-1-3-11-25(21)49-26-12-4-2-8-22(26)42-28-20(34)16-36-32(44-28)46-30-24-10-6-14-48(24)40-18-38-30;1-3-2/h1-18H,(H2,35,37,39,41,43,45)(H2,36,38,40,42,44,46);3H,1-2H3. The molecule has 0 spiro atoms. The summed E-state index contributed by atoms with van der Waals surface area (Å²) in [6.07, 6.45) is 9.53. The van der Waals surface area contributed by atoms with E-state index in [0.717, 1.165) is 19.6 Å². The van der Waals surface area contributed by atoms with Gasteiger partial charge in [-0.2, -0.15) is 20.2 Å². The number of hydrogen-bond donors (Lipinski definition) is 4. The lowest BCUT2D eigenvalue weighted by Crippen LogP contribution is -2.05. The molecule has 0 aliphatic heterocycles. The summed E-state index contributed by atoms with van der Waals surface area (Å²) in [5.74, 6) is 3.38. The highest BCUT2D eigenvalue weighted by molar-refractivity contribution is 7.35. The molecule has 0 atom stereocenters. The van der Waals surface area contributed by atoms with Crippen molar-refractivity contribution in [2.45, 2.75) is 0 Å². The second kappa shape index (κ2) is 15.8. The lowest BCUT2D eigenvalue weighted by Gasteiger charge is -2.17. The molecule has 6 aromatic heterocycles. The second-order valence-corrected chi connectivity index (χ2v) is 12.6. The van der Waals surface area contributed by atoms with E-state index in [9.17, 15) is 0 Å². The van der Waals surface area contributed by atoms with Gasteiger partial charge in [-0.3, -0.25) is 0 Å². The molecule has 2 aromatic carbocycles. The highest BCUT2D eigenvalue weighted by atomic mass is 35.5. The van der Waals surface area contributed by atoms with Crippen molar-refractivity contribution in [3.63, 3.8) is 0 Å². The molecule has 8 aromatic rings. The van der Waals surface area contributed by atoms with Crippen LogP contribution in [-0.4, -0.2) is 62.5 Å². The number of aromatic nitrogens is 10. The maximum absolute atomic E-state index is 6.52. The lowest BCUT2D eigenvalue weighted by molar-refractivity contribution is 0.487. The summed E-state index contributed by atoms with van der Waals surface area (Å²) in [4.78, 5) is 26.5. The minimum Gasteiger partial charge on any atom is -0.453 e. The van der Waals surface area contributed by atoms with E-state index in [2.05, 4.69) is 74.7 Å². The number of benzene rings is 2. The molecule has 52 heavy (non-hydrogen) atoms. The fourth-order valence-electron chi connectivity index (χ4n) is 4.86. The van der Waals surface area contributed by atoms with Crippen LogP contribution in [0.3, 0.4) is 0 Å². The smallest absolute Gasteiger partial charge is 0.230 e. The molecule has 0 aliphatic carbocycles. The van der Waals surface area contributed by atoms with Gasteiger partial charge in [0.25, 0.3) is 0 Å². The van der Waals surface area contributed by atoms with Crippen molar-refractivity contribution in [1.82, 2.24) is 49.1 Å². The third-order valence-electron chi connectivity index (χ3n) is 7.12. The zero-order valence-corrected chi connectivity index (χ0v) is 30.0. The molecule has 0 amide bonds. The first-order chi connectivity index (χ1) is 25.5. The average Bonchev–Trinajstić information content (AvgIpc) is 3.85. The highest BCUT2D eigenvalue weighted by Crippen LogP contribution is 2.38. The molecule has 0 saturated carbocycles. The van der Waals surface area contributed by atoms with Crippen LogP contribution in [0.1, 0.15) is 0 Å². The molecule has 0 saturated heterocycles. The van der Waals surface area contributed by atoms with Gasteiger partial charge in [0.2, 0.25) is 11.9 Å². The molecule has 0 radical (unpaired) electrons. The molecule has 15 nitrogen and oxygen atoms in total. The van der Waals surface area contributed by atoms with Gasteiger partial charge in [-0.25, -0.2) is 29.0 Å². The first-order valence-corrected chi connectivity index (χ1v) is 18.4. The molecule has 260 valence electrons. The molecule has 18 heteroatoms. The summed E-state index contributed by atoms with van der Waals surface area (Å²) < 4.78 is 9.82. The maximum Gasteiger partial charge on any atom is 0.230 e. The maximum atomic E-state index is 6.52. The quantitative estimate of drug-likeness (QED) is 0.0985. The summed E-state index contributed by atoms with van der Waals surface area (Å²) in [6, 6.07) is 22.3. The minimum absolute atomic E-state index is 0.287. The molecule has 8 rings (SSSR count). The number of hydrogen-bond acceptors (Lipinski definition) is 13. The van der Waals surface area contributed by atoms with Crippen LogP contribution in [0.4, 0.5) is 46.5 Å². The van der Waals surface area contributed by atoms with Crippen LogP contribution in [0.2, 0.25) is 10.0 Å². The Balaban J connectivity index is 0.00000136. The molecule has 6 heterocycles. The number of nitrogens with zero attached hydrogens (tertiary/aromatic N) is 10. The molecule has 0 bridgehead atoms. The summed E-state index contributed by atoms with van der Waals surface area (Å²) >= 11 is 13.0. The van der Waals surface area contributed by atoms with Crippen LogP contribution in [0.15, 0.2) is 110 Å². The van der Waals surface area contributed by atoms with Crippen LogP contribution in [0.25, 0.3) is 11.0 Å². The third-order valence-corrected chi connectivity index (χ3v) is 7.67. The van der Waals surface area contributed by atoms with E-state index in [0.29, 0.717) is 56.2 Å². The monoisotopic (exact) mass is 750 g/mol. The van der Waals surface area contributed by atoms with E-state index in [1.165, 1.54) is 25.0 Å². The number of rotatable bonds is 10. The Morgan fingerprint density at radius 3 is 1.46 bits per heavy atom. The molecular formula is C34H29Cl2N14OP. The Bertz CT molecular complexity index is 2310. The van der Waals surface area contributed by atoms with Crippen LogP contribution in [-0.2, 0) is 0 Å². The Hall–Kier alpha value is -6.15. The molecule has 0 aliphatic rings. The normalized spacial score (nSPS) is 10.8. The summed E-state index contributed by atoms with van der Waals surface area (Å²) in [7, 11) is 1.08. The number of anilines is 8. The van der Waals surface area contributed by atoms with E-state index >= 15 is 0 Å². The van der Waals surface area contributed by atoms with Crippen LogP contribution >= 0.6 is 31.8 Å². The molecule has 0 unspecified atom stereocenters. The van der Waals surface area contributed by atoms with Gasteiger partial charge in [0, 0.05) is 12.4 Å². The van der Waals surface area contributed by atoms with Gasteiger partial charge in [-0.1, -0.05) is 47.5 Å². The van der Waals surface area contributed by atoms with Crippen molar-refractivity contribution in [2.75, 3.05) is 34.6 Å². The Kier molecular flexibility index (Phi) is 10.4. The van der Waals surface area contributed by atoms with Crippen molar-refractivity contribution in [3.8, 4) is 11.5 Å². The number of para-hydroxylation sites is 4. The molecule has 0 fully saturated rings. The van der Waals surface area contributed by atoms with E-state index in [1.54, 1.807) is 9.03 Å². The van der Waals surface area contributed by atoms with Gasteiger partial charge >= 0.3 is 0 Å². The van der Waals surface area contributed by atoms with Gasteiger partial charge < -0.3 is 26.0 Å². The van der Waals surface area contributed by atoms with Crippen LogP contribution < -0.4 is 26.0 Å². The number of halogens is 2. The van der Waals surface area contributed by atoms with Crippen molar-refractivity contribution >= 4 is 89.4 Å². The van der Waals surface area contributed by atoms with Crippen LogP contribution in [0, 0.1) is 0 Å². The highest BCUT2D eigenvalue weighted by Gasteiger charge is 2.15. The van der Waals surface area contributed by atoms with Crippen molar-refractivity contribution in [1.29, 1.82) is 0 Å². The van der Waals surface area contributed by atoms with Gasteiger partial charge in [0.1, 0.15) is 33.7 Å². The predicted molar refractivity (Wildman–Crippen MR) is 206 cm³/mol. The lowest BCUT2D eigenvalue weighted by atomic mass is 10.2. The van der Waals surface area contributed by atoms with Crippen LogP contribution in [0.5, 0.6) is 11.5 Å². The van der Waals surface area contributed by atoms with Gasteiger partial charge in [0.05, 0.1) is 23.8 Å². The summed E-state index contributed by atoms with van der Waals surface area (Å²) in [6.45, 7) is 4.31. The van der Waals surface area contributed by atoms with E-state index in [1.807, 2.05) is 85.2 Å². The van der Waals surface area contributed by atoms with Gasteiger partial charge in [-0.15, -0.1) is 8.58 Å². The third kappa shape index (κ3) is 7.76. The Morgan fingerprint density at radius 1 is 0.558 bits per heavy atom. The number of ether oxygens (including phenoxy) is 1. The van der Waals surface area contributed by atoms with Crippen molar-refractivity contribution < 1.29 is 4.74 Å². The second-order valence-electron chi connectivity index (χ2n) is 10.8. The largest absolute Gasteiger partial charge is 0.453 e. The fourth-order valence-corrected chi connectivity index (χ4v) is 5.13.